The van der Waals surface area contributed by atoms with E-state index in [-0.39, 0.29) is 39.2 Å². The highest BCUT2D eigenvalue weighted by Gasteiger charge is 2.29. The topological polar surface area (TPSA) is 156 Å². The Morgan fingerprint density at radius 3 is 1.53 bits per heavy atom. The van der Waals surface area contributed by atoms with Crippen LogP contribution < -0.4 is 5.32 Å². The number of rotatable bonds is 13. The Balaban J connectivity index is 2.19. The minimum atomic E-state index is -0.733. The number of hydrogen-bond acceptors (Lipinski definition) is 14. The summed E-state index contributed by atoms with van der Waals surface area (Å²) in [5.41, 5.74) is 0.848. The summed E-state index contributed by atoms with van der Waals surface area (Å²) in [5.74, 6) is -1.71. The number of carbonyl (C=O) groups is 5. The van der Waals surface area contributed by atoms with Crippen LogP contribution in [0.25, 0.3) is 0 Å². The Kier molecular flexibility index (Phi) is 17.5. The molecular formula is C30H47N5O10. The lowest BCUT2D eigenvalue weighted by Gasteiger charge is -2.36. The van der Waals surface area contributed by atoms with Crippen LogP contribution in [0.3, 0.4) is 0 Å². The van der Waals surface area contributed by atoms with E-state index < -0.39 is 36.0 Å². The predicted octanol–water partition coefficient (Wildman–Crippen LogP) is -0.415. The molecule has 0 spiro atoms. The van der Waals surface area contributed by atoms with Gasteiger partial charge in [-0.3, -0.25) is 38.8 Å². The van der Waals surface area contributed by atoms with E-state index in [1.165, 1.54) is 28.4 Å². The minimum Gasteiger partial charge on any atom is -0.468 e. The van der Waals surface area contributed by atoms with Gasteiger partial charge in [0.1, 0.15) is 12.6 Å². The zero-order valence-corrected chi connectivity index (χ0v) is 26.7. The fourth-order valence-corrected chi connectivity index (χ4v) is 4.75. The molecule has 1 aromatic carbocycles. The summed E-state index contributed by atoms with van der Waals surface area (Å²) >= 11 is 0. The highest BCUT2D eigenvalue weighted by Crippen LogP contribution is 2.10. The average molecular weight is 638 g/mol. The Labute approximate surface area is 264 Å². The lowest BCUT2D eigenvalue weighted by molar-refractivity contribution is -0.148. The van der Waals surface area contributed by atoms with Crippen LogP contribution in [0.1, 0.15) is 12.0 Å². The number of amides is 1. The number of benzene rings is 1. The summed E-state index contributed by atoms with van der Waals surface area (Å²) in [6.07, 6.45) is -0.380. The maximum Gasteiger partial charge on any atom is 0.407 e. The van der Waals surface area contributed by atoms with Crippen LogP contribution in [0.15, 0.2) is 30.3 Å². The molecule has 2 rings (SSSR count). The molecule has 1 N–H and O–H groups in total. The van der Waals surface area contributed by atoms with Crippen molar-refractivity contribution in [2.75, 3.05) is 107 Å². The van der Waals surface area contributed by atoms with E-state index in [9.17, 15) is 24.0 Å². The van der Waals surface area contributed by atoms with Gasteiger partial charge in [0.15, 0.2) is 0 Å². The molecule has 15 nitrogen and oxygen atoms in total. The van der Waals surface area contributed by atoms with Crippen molar-refractivity contribution in [1.82, 2.24) is 24.9 Å². The molecule has 1 saturated heterocycles. The predicted molar refractivity (Wildman–Crippen MR) is 162 cm³/mol. The maximum atomic E-state index is 13.0. The first-order chi connectivity index (χ1) is 21.7. The van der Waals surface area contributed by atoms with Gasteiger partial charge in [-0.25, -0.2) is 4.79 Å². The molecule has 252 valence electrons. The van der Waals surface area contributed by atoms with Gasteiger partial charge in [0.05, 0.1) is 48.1 Å². The highest BCUT2D eigenvalue weighted by molar-refractivity contribution is 5.76. The third-order valence-corrected chi connectivity index (χ3v) is 7.43. The Morgan fingerprint density at radius 2 is 1.11 bits per heavy atom. The molecule has 0 aliphatic carbocycles. The van der Waals surface area contributed by atoms with Crippen molar-refractivity contribution in [3.8, 4) is 0 Å². The van der Waals surface area contributed by atoms with Gasteiger partial charge in [-0.1, -0.05) is 30.3 Å². The largest absolute Gasteiger partial charge is 0.468 e. The van der Waals surface area contributed by atoms with Gasteiger partial charge >= 0.3 is 30.0 Å². The van der Waals surface area contributed by atoms with Crippen LogP contribution in [0.2, 0.25) is 0 Å². The molecule has 45 heavy (non-hydrogen) atoms. The van der Waals surface area contributed by atoms with E-state index in [4.69, 9.17) is 23.7 Å². The number of alkyl carbamates (subject to hydrolysis) is 1. The van der Waals surface area contributed by atoms with E-state index in [1.807, 2.05) is 49.9 Å². The maximum absolute atomic E-state index is 13.0. The third kappa shape index (κ3) is 14.7. The zero-order chi connectivity index (χ0) is 33.0. The van der Waals surface area contributed by atoms with Crippen LogP contribution in [0.4, 0.5) is 4.79 Å². The van der Waals surface area contributed by atoms with Crippen LogP contribution in [0, 0.1) is 0 Å². The number of methoxy groups -OCH3 is 4. The number of ether oxygens (including phenoxy) is 5. The van der Waals surface area contributed by atoms with Crippen molar-refractivity contribution in [3.05, 3.63) is 35.9 Å². The highest BCUT2D eigenvalue weighted by atomic mass is 16.6. The summed E-state index contributed by atoms with van der Waals surface area (Å²) in [6.45, 7) is 3.56. The van der Waals surface area contributed by atoms with E-state index in [0.29, 0.717) is 52.4 Å². The molecule has 1 aliphatic rings. The number of hydrogen-bond donors (Lipinski definition) is 1. The van der Waals surface area contributed by atoms with Crippen LogP contribution in [-0.4, -0.2) is 163 Å². The molecule has 0 bridgehead atoms. The Morgan fingerprint density at radius 1 is 0.667 bits per heavy atom. The molecule has 1 atom stereocenters. The van der Waals surface area contributed by atoms with Crippen molar-refractivity contribution in [2.24, 2.45) is 0 Å². The van der Waals surface area contributed by atoms with Crippen molar-refractivity contribution in [2.45, 2.75) is 19.1 Å². The second-order valence-electron chi connectivity index (χ2n) is 10.4. The first-order valence-corrected chi connectivity index (χ1v) is 14.8. The number of nitrogens with one attached hydrogen (secondary N) is 1. The van der Waals surface area contributed by atoms with E-state index in [2.05, 4.69) is 5.32 Å². The molecule has 15 heteroatoms. The molecular weight excluding hydrogens is 590 g/mol. The quantitative estimate of drug-likeness (QED) is 0.220. The van der Waals surface area contributed by atoms with Gasteiger partial charge in [0, 0.05) is 58.9 Å². The Hall–Kier alpha value is -3.79. The van der Waals surface area contributed by atoms with Crippen molar-refractivity contribution in [1.29, 1.82) is 0 Å². The third-order valence-electron chi connectivity index (χ3n) is 7.43. The van der Waals surface area contributed by atoms with Gasteiger partial charge in [-0.2, -0.15) is 0 Å². The van der Waals surface area contributed by atoms with Crippen LogP contribution >= 0.6 is 0 Å². The second kappa shape index (κ2) is 21.0. The standard InChI is InChI=1S/C30H47N5O10/c1-41-26(36)20-32-12-14-33(21-27(37)42-2)16-18-35(19-17-34(15-13-32)22-28(38)43-3)25(29(39)44-4)10-11-31-30(40)45-23-24-8-6-5-7-9-24/h5-9,25H,10-23H2,1-4H3,(H,31,40). The average Bonchev–Trinajstić information content (AvgIpc) is 3.05. The zero-order valence-electron chi connectivity index (χ0n) is 26.7. The second-order valence-corrected chi connectivity index (χ2v) is 10.4. The molecule has 1 amide bonds. The van der Waals surface area contributed by atoms with E-state index in [0.717, 1.165) is 5.56 Å². The molecule has 1 heterocycles. The van der Waals surface area contributed by atoms with Gasteiger partial charge in [0.2, 0.25) is 0 Å². The molecule has 1 fully saturated rings. The Bertz CT molecular complexity index is 1040. The SMILES string of the molecule is COC(=O)CN1CCN(CC(=O)OC)CCN(C(CCNC(=O)OCc2ccccc2)C(=O)OC)CCN(CC(=O)OC)CC1. The summed E-state index contributed by atoms with van der Waals surface area (Å²) in [4.78, 5) is 69.5. The summed E-state index contributed by atoms with van der Waals surface area (Å²) in [7, 11) is 5.25. The van der Waals surface area contributed by atoms with Gasteiger partial charge in [-0.15, -0.1) is 0 Å². The fourth-order valence-electron chi connectivity index (χ4n) is 4.75. The molecule has 1 unspecified atom stereocenters. The van der Waals surface area contributed by atoms with Crippen LogP contribution in [-0.2, 0) is 49.5 Å². The molecule has 0 aromatic heterocycles. The summed E-state index contributed by atoms with van der Waals surface area (Å²) in [6, 6.07) is 8.54. The lowest BCUT2D eigenvalue weighted by atomic mass is 10.1. The van der Waals surface area contributed by atoms with Crippen molar-refractivity contribution in [3.63, 3.8) is 0 Å². The number of carbonyl (C=O) groups excluding carboxylic acids is 5. The summed E-state index contributed by atoms with van der Waals surface area (Å²) in [5, 5.41) is 2.70. The minimum absolute atomic E-state index is 0.0164. The van der Waals surface area contributed by atoms with E-state index in [1.54, 1.807) is 0 Å². The number of esters is 4. The molecule has 1 aromatic rings. The van der Waals surface area contributed by atoms with Gasteiger partial charge in [-0.05, 0) is 12.0 Å². The van der Waals surface area contributed by atoms with Crippen LogP contribution in [0.5, 0.6) is 0 Å². The smallest absolute Gasteiger partial charge is 0.407 e. The molecule has 1 aliphatic heterocycles. The number of nitrogens with zero attached hydrogens (tertiary/aromatic N) is 4. The first-order valence-electron chi connectivity index (χ1n) is 14.8. The lowest BCUT2D eigenvalue weighted by Crippen LogP contribution is -2.52. The van der Waals surface area contributed by atoms with Gasteiger partial charge in [0.25, 0.3) is 0 Å². The normalized spacial score (nSPS) is 16.7. The fraction of sp³-hybridized carbons (Fsp3) is 0.633. The van der Waals surface area contributed by atoms with Crippen molar-refractivity contribution < 1.29 is 47.7 Å². The first kappa shape index (κ1) is 37.4. The van der Waals surface area contributed by atoms with Gasteiger partial charge < -0.3 is 29.0 Å². The monoisotopic (exact) mass is 637 g/mol. The molecule has 0 saturated carbocycles. The summed E-state index contributed by atoms with van der Waals surface area (Å²) < 4.78 is 25.1. The molecule has 0 radical (unpaired) electrons. The van der Waals surface area contributed by atoms with E-state index >= 15 is 0 Å². The van der Waals surface area contributed by atoms with Crippen molar-refractivity contribution >= 4 is 30.0 Å².